The minimum Gasteiger partial charge on any atom is -0.385 e. The van der Waals surface area contributed by atoms with Crippen LogP contribution in [0.1, 0.15) is 24.9 Å². The van der Waals surface area contributed by atoms with Crippen LogP contribution in [0.2, 0.25) is 5.02 Å². The molecule has 0 saturated heterocycles. The van der Waals surface area contributed by atoms with Gasteiger partial charge in [-0.15, -0.1) is 0 Å². The topological polar surface area (TPSA) is 30.5 Å². The molecular weight excluding hydrogens is 250 g/mol. The number of methoxy groups -OCH3 is 1. The van der Waals surface area contributed by atoms with Gasteiger partial charge in [-0.2, -0.15) is 0 Å². The number of hydrogen-bond donors (Lipinski definition) is 1. The van der Waals surface area contributed by atoms with Gasteiger partial charge >= 0.3 is 0 Å². The first-order chi connectivity index (χ1) is 8.74. The van der Waals surface area contributed by atoms with Crippen LogP contribution >= 0.6 is 11.6 Å². The van der Waals surface area contributed by atoms with Gasteiger partial charge in [-0.3, -0.25) is 0 Å². The number of hydrogen-bond acceptors (Lipinski definition) is 3. The van der Waals surface area contributed by atoms with E-state index < -0.39 is 0 Å². The summed E-state index contributed by atoms with van der Waals surface area (Å²) in [6.07, 6.45) is 0.945. The zero-order chi connectivity index (χ0) is 13.2. The third kappa shape index (κ3) is 6.36. The molecule has 0 fully saturated rings. The van der Waals surface area contributed by atoms with Crippen LogP contribution in [-0.4, -0.2) is 33.5 Å². The number of nitrogens with one attached hydrogen (secondary N) is 1. The van der Waals surface area contributed by atoms with Crippen molar-refractivity contribution in [3.63, 3.8) is 0 Å². The van der Waals surface area contributed by atoms with Crippen molar-refractivity contribution in [1.29, 1.82) is 0 Å². The first-order valence-corrected chi connectivity index (χ1v) is 6.67. The second kappa shape index (κ2) is 9.34. The maximum absolute atomic E-state index is 5.96. The highest BCUT2D eigenvalue weighted by Gasteiger charge is 2.04. The lowest BCUT2D eigenvalue weighted by molar-refractivity contribution is 0.103. The normalized spacial score (nSPS) is 12.6. The van der Waals surface area contributed by atoms with Gasteiger partial charge in [-0.1, -0.05) is 23.7 Å². The Morgan fingerprint density at radius 1 is 1.28 bits per heavy atom. The van der Waals surface area contributed by atoms with Crippen LogP contribution in [0, 0.1) is 0 Å². The van der Waals surface area contributed by atoms with Crippen molar-refractivity contribution in [2.24, 2.45) is 0 Å². The molecule has 1 rings (SSSR count). The molecule has 0 radical (unpaired) electrons. The van der Waals surface area contributed by atoms with Crippen LogP contribution in [0.25, 0.3) is 0 Å². The Balaban J connectivity index is 2.12. The average molecular weight is 272 g/mol. The first kappa shape index (κ1) is 15.4. The van der Waals surface area contributed by atoms with E-state index >= 15 is 0 Å². The molecule has 0 unspecified atom stereocenters. The molecular formula is C14H22ClNO2. The molecule has 4 heteroatoms. The van der Waals surface area contributed by atoms with Crippen LogP contribution in [0.5, 0.6) is 0 Å². The van der Waals surface area contributed by atoms with Crippen LogP contribution in [-0.2, 0) is 9.47 Å². The standard InChI is InChI=1S/C14H22ClNO2/c1-12(13-5-3-6-14(15)11-13)16-7-10-18-9-4-8-17-2/h3,5-6,11-12,16H,4,7-10H2,1-2H3/t12-/m0/s1. The Bertz CT molecular complexity index is 333. The van der Waals surface area contributed by atoms with Crippen molar-refractivity contribution in [2.45, 2.75) is 19.4 Å². The predicted molar refractivity (Wildman–Crippen MR) is 75.2 cm³/mol. The van der Waals surface area contributed by atoms with Gasteiger partial charge in [0.2, 0.25) is 0 Å². The highest BCUT2D eigenvalue weighted by atomic mass is 35.5. The number of halogens is 1. The van der Waals surface area contributed by atoms with Crippen molar-refractivity contribution in [1.82, 2.24) is 5.32 Å². The molecule has 0 bridgehead atoms. The quantitative estimate of drug-likeness (QED) is 0.701. The summed E-state index contributed by atoms with van der Waals surface area (Å²) in [5.41, 5.74) is 1.20. The summed E-state index contributed by atoms with van der Waals surface area (Å²) >= 11 is 5.96. The summed E-state index contributed by atoms with van der Waals surface area (Å²) in [5, 5.41) is 4.18. The van der Waals surface area contributed by atoms with Gasteiger partial charge < -0.3 is 14.8 Å². The highest BCUT2D eigenvalue weighted by Crippen LogP contribution is 2.16. The van der Waals surface area contributed by atoms with Crippen LogP contribution in [0.15, 0.2) is 24.3 Å². The van der Waals surface area contributed by atoms with Crippen LogP contribution in [0.4, 0.5) is 0 Å². The molecule has 3 nitrogen and oxygen atoms in total. The Morgan fingerprint density at radius 2 is 2.11 bits per heavy atom. The lowest BCUT2D eigenvalue weighted by Crippen LogP contribution is -2.23. The molecule has 0 aliphatic carbocycles. The van der Waals surface area contributed by atoms with Crippen LogP contribution in [0.3, 0.4) is 0 Å². The summed E-state index contributed by atoms with van der Waals surface area (Å²) < 4.78 is 10.4. The van der Waals surface area contributed by atoms with E-state index in [1.54, 1.807) is 7.11 Å². The van der Waals surface area contributed by atoms with Crippen LogP contribution < -0.4 is 5.32 Å². The molecule has 0 saturated carbocycles. The molecule has 0 aliphatic rings. The van der Waals surface area contributed by atoms with Crippen molar-refractivity contribution in [3.05, 3.63) is 34.9 Å². The number of rotatable bonds is 9. The molecule has 1 N–H and O–H groups in total. The Kier molecular flexibility index (Phi) is 8.01. The SMILES string of the molecule is COCCCOCCN[C@@H](C)c1cccc(Cl)c1. The van der Waals surface area contributed by atoms with Crippen molar-refractivity contribution >= 4 is 11.6 Å². The Morgan fingerprint density at radius 3 is 2.83 bits per heavy atom. The summed E-state index contributed by atoms with van der Waals surface area (Å²) in [7, 11) is 1.70. The molecule has 1 atom stereocenters. The minimum atomic E-state index is 0.284. The van der Waals surface area contributed by atoms with E-state index in [0.29, 0.717) is 6.61 Å². The zero-order valence-corrected chi connectivity index (χ0v) is 11.9. The third-order valence-electron chi connectivity index (χ3n) is 2.68. The van der Waals surface area contributed by atoms with E-state index in [1.807, 2.05) is 18.2 Å². The Hall–Kier alpha value is -0.610. The molecule has 0 spiro atoms. The molecule has 0 aliphatic heterocycles. The smallest absolute Gasteiger partial charge is 0.0591 e. The summed E-state index contributed by atoms with van der Waals surface area (Å²) in [4.78, 5) is 0. The van der Waals surface area contributed by atoms with Crippen molar-refractivity contribution < 1.29 is 9.47 Å². The van der Waals surface area contributed by atoms with E-state index in [0.717, 1.165) is 31.2 Å². The minimum absolute atomic E-state index is 0.284. The second-order valence-electron chi connectivity index (χ2n) is 4.19. The third-order valence-corrected chi connectivity index (χ3v) is 2.92. The maximum atomic E-state index is 5.96. The first-order valence-electron chi connectivity index (χ1n) is 6.29. The highest BCUT2D eigenvalue weighted by molar-refractivity contribution is 6.30. The molecule has 18 heavy (non-hydrogen) atoms. The van der Waals surface area contributed by atoms with Gasteiger partial charge in [0.15, 0.2) is 0 Å². The van der Waals surface area contributed by atoms with Gasteiger partial charge in [-0.25, -0.2) is 0 Å². The fraction of sp³-hybridized carbons (Fsp3) is 0.571. The monoisotopic (exact) mass is 271 g/mol. The molecule has 0 amide bonds. The van der Waals surface area contributed by atoms with E-state index in [2.05, 4.69) is 18.3 Å². The Labute approximate surface area is 114 Å². The van der Waals surface area contributed by atoms with Gasteiger partial charge in [0.25, 0.3) is 0 Å². The average Bonchev–Trinajstić information content (AvgIpc) is 2.37. The lowest BCUT2D eigenvalue weighted by Gasteiger charge is -2.14. The number of ether oxygens (including phenoxy) is 2. The lowest BCUT2D eigenvalue weighted by atomic mass is 10.1. The van der Waals surface area contributed by atoms with E-state index in [9.17, 15) is 0 Å². The van der Waals surface area contributed by atoms with Crippen molar-refractivity contribution in [3.8, 4) is 0 Å². The number of benzene rings is 1. The van der Waals surface area contributed by atoms with E-state index in [-0.39, 0.29) is 6.04 Å². The van der Waals surface area contributed by atoms with Crippen molar-refractivity contribution in [2.75, 3.05) is 33.5 Å². The largest absolute Gasteiger partial charge is 0.385 e. The molecule has 0 heterocycles. The molecule has 1 aromatic rings. The maximum Gasteiger partial charge on any atom is 0.0591 e. The van der Waals surface area contributed by atoms with Gasteiger partial charge in [0.1, 0.15) is 0 Å². The van der Waals surface area contributed by atoms with Gasteiger partial charge in [-0.05, 0) is 31.0 Å². The van der Waals surface area contributed by atoms with Gasteiger partial charge in [0, 0.05) is 37.9 Å². The summed E-state index contributed by atoms with van der Waals surface area (Å²) in [6.45, 7) is 5.18. The summed E-state index contributed by atoms with van der Waals surface area (Å²) in [5.74, 6) is 0. The fourth-order valence-corrected chi connectivity index (χ4v) is 1.85. The molecule has 102 valence electrons. The van der Waals surface area contributed by atoms with E-state index in [4.69, 9.17) is 21.1 Å². The second-order valence-corrected chi connectivity index (χ2v) is 4.63. The van der Waals surface area contributed by atoms with Gasteiger partial charge in [0.05, 0.1) is 6.61 Å². The zero-order valence-electron chi connectivity index (χ0n) is 11.1. The summed E-state index contributed by atoms with van der Waals surface area (Å²) in [6, 6.07) is 8.20. The van der Waals surface area contributed by atoms with E-state index in [1.165, 1.54) is 5.56 Å². The fourth-order valence-electron chi connectivity index (χ4n) is 1.65. The molecule has 0 aromatic heterocycles. The molecule has 1 aromatic carbocycles. The predicted octanol–water partition coefficient (Wildman–Crippen LogP) is 3.04.